The molecule has 0 amide bonds. The Morgan fingerprint density at radius 3 is 2.55 bits per heavy atom. The van der Waals surface area contributed by atoms with Crippen LogP contribution in [0.4, 0.5) is 4.39 Å². The Balaban J connectivity index is 2.58. The summed E-state index contributed by atoms with van der Waals surface area (Å²) in [5.41, 5.74) is 4.96. The van der Waals surface area contributed by atoms with Gasteiger partial charge in [-0.3, -0.25) is 5.84 Å². The van der Waals surface area contributed by atoms with Crippen molar-refractivity contribution in [3.63, 3.8) is 0 Å². The Morgan fingerprint density at radius 1 is 1.20 bits per heavy atom. The molecule has 0 radical (unpaired) electrons. The van der Waals surface area contributed by atoms with E-state index in [0.29, 0.717) is 10.0 Å². The third kappa shape index (κ3) is 3.07. The molecule has 0 aliphatic rings. The van der Waals surface area contributed by atoms with Crippen LogP contribution in [0.25, 0.3) is 0 Å². The van der Waals surface area contributed by atoms with Gasteiger partial charge in [0.05, 0.1) is 11.1 Å². The lowest BCUT2D eigenvalue weighted by atomic mass is 9.95. The fourth-order valence-corrected chi connectivity index (χ4v) is 2.89. The predicted octanol–water partition coefficient (Wildman–Crippen LogP) is 4.87. The summed E-state index contributed by atoms with van der Waals surface area (Å²) in [5.74, 6) is 5.14. The molecule has 0 heterocycles. The van der Waals surface area contributed by atoms with Crippen LogP contribution in [-0.2, 0) is 0 Å². The average Bonchev–Trinajstić information content (AvgIpc) is 2.43. The van der Waals surface area contributed by atoms with Gasteiger partial charge in [0.2, 0.25) is 0 Å². The highest BCUT2D eigenvalue weighted by Crippen LogP contribution is 2.34. The van der Waals surface area contributed by atoms with Gasteiger partial charge in [0.15, 0.2) is 0 Å². The van der Waals surface area contributed by atoms with E-state index in [1.54, 1.807) is 12.1 Å². The highest BCUT2D eigenvalue weighted by molar-refractivity contribution is 9.10. The first-order valence-corrected chi connectivity index (χ1v) is 7.77. The molecule has 1 atom stereocenters. The van der Waals surface area contributed by atoms with E-state index < -0.39 is 11.9 Å². The molecule has 3 N–H and O–H groups in total. The number of hydrazine groups is 1. The van der Waals surface area contributed by atoms with Crippen molar-refractivity contribution >= 4 is 43.5 Å². The Kier molecular flexibility index (Phi) is 5.20. The molecule has 0 saturated carbocycles. The van der Waals surface area contributed by atoms with Crippen molar-refractivity contribution in [2.24, 2.45) is 5.84 Å². The number of rotatable bonds is 3. The van der Waals surface area contributed by atoms with E-state index in [4.69, 9.17) is 17.4 Å². The van der Waals surface area contributed by atoms with E-state index in [-0.39, 0.29) is 5.02 Å². The molecule has 2 aromatic carbocycles. The number of aryl methyl sites for hydroxylation is 1. The van der Waals surface area contributed by atoms with Gasteiger partial charge < -0.3 is 0 Å². The van der Waals surface area contributed by atoms with E-state index in [1.807, 2.05) is 25.1 Å². The molecule has 20 heavy (non-hydrogen) atoms. The lowest BCUT2D eigenvalue weighted by molar-refractivity contribution is 0.558. The summed E-state index contributed by atoms with van der Waals surface area (Å²) in [6.07, 6.45) is 0. The van der Waals surface area contributed by atoms with Crippen molar-refractivity contribution in [2.75, 3.05) is 0 Å². The zero-order chi connectivity index (χ0) is 14.9. The molecule has 0 fully saturated rings. The van der Waals surface area contributed by atoms with Crippen molar-refractivity contribution in [3.8, 4) is 0 Å². The van der Waals surface area contributed by atoms with Crippen LogP contribution >= 0.6 is 43.5 Å². The lowest BCUT2D eigenvalue weighted by Crippen LogP contribution is -2.30. The van der Waals surface area contributed by atoms with Gasteiger partial charge >= 0.3 is 0 Å². The van der Waals surface area contributed by atoms with Crippen LogP contribution in [-0.4, -0.2) is 0 Å². The summed E-state index contributed by atoms with van der Waals surface area (Å²) in [7, 11) is 0. The van der Waals surface area contributed by atoms with E-state index in [9.17, 15) is 4.39 Å². The zero-order valence-corrected chi connectivity index (χ0v) is 14.5. The minimum absolute atomic E-state index is 0.0513. The van der Waals surface area contributed by atoms with Crippen LogP contribution in [0.1, 0.15) is 22.7 Å². The Bertz CT molecular complexity index is 649. The van der Waals surface area contributed by atoms with Crippen LogP contribution in [0.2, 0.25) is 5.02 Å². The number of benzene rings is 2. The maximum Gasteiger partial charge on any atom is 0.148 e. The van der Waals surface area contributed by atoms with Crippen molar-refractivity contribution in [1.82, 2.24) is 5.43 Å². The van der Waals surface area contributed by atoms with E-state index in [1.165, 1.54) is 0 Å². The summed E-state index contributed by atoms with van der Waals surface area (Å²) >= 11 is 12.6. The van der Waals surface area contributed by atoms with Gasteiger partial charge in [-0.2, -0.15) is 0 Å². The van der Waals surface area contributed by atoms with Gasteiger partial charge in [-0.1, -0.05) is 39.7 Å². The molecule has 106 valence electrons. The topological polar surface area (TPSA) is 38.0 Å². The van der Waals surface area contributed by atoms with Gasteiger partial charge in [-0.05, 0) is 52.2 Å². The van der Waals surface area contributed by atoms with Gasteiger partial charge in [0.1, 0.15) is 5.82 Å². The monoisotopic (exact) mass is 420 g/mol. The fraction of sp³-hybridized carbons (Fsp3) is 0.143. The second kappa shape index (κ2) is 6.54. The van der Waals surface area contributed by atoms with Gasteiger partial charge in [-0.25, -0.2) is 9.82 Å². The number of nitrogens with one attached hydrogen (secondary N) is 1. The maximum absolute atomic E-state index is 14.3. The third-order valence-corrected chi connectivity index (χ3v) is 4.85. The quantitative estimate of drug-likeness (QED) is 0.421. The number of hydrogen-bond acceptors (Lipinski definition) is 2. The summed E-state index contributed by atoms with van der Waals surface area (Å²) in [6, 6.07) is 8.68. The standard InChI is InChI=1S/C14H12Br2ClFN2/c1-7-2-3-8(15)6-10(7)14(20-19)9-4-5-11(16)12(17)13(9)18/h2-6,14,20H,19H2,1H3. The minimum Gasteiger partial charge on any atom is -0.271 e. The molecule has 0 aliphatic heterocycles. The molecule has 0 bridgehead atoms. The number of hydrogen-bond donors (Lipinski definition) is 2. The van der Waals surface area contributed by atoms with Gasteiger partial charge in [0, 0.05) is 14.5 Å². The van der Waals surface area contributed by atoms with Gasteiger partial charge in [0.25, 0.3) is 0 Å². The zero-order valence-electron chi connectivity index (χ0n) is 10.6. The molecule has 0 aliphatic carbocycles. The molecular weight excluding hydrogens is 410 g/mol. The van der Waals surface area contributed by atoms with Crippen LogP contribution in [0, 0.1) is 12.7 Å². The molecule has 6 heteroatoms. The predicted molar refractivity (Wildman–Crippen MR) is 87.2 cm³/mol. The molecule has 0 aromatic heterocycles. The second-order valence-corrected chi connectivity index (χ2v) is 6.51. The van der Waals surface area contributed by atoms with Crippen molar-refractivity contribution in [3.05, 3.63) is 66.8 Å². The smallest absolute Gasteiger partial charge is 0.148 e. The summed E-state index contributed by atoms with van der Waals surface area (Å²) in [4.78, 5) is 0. The Morgan fingerprint density at radius 2 is 1.90 bits per heavy atom. The van der Waals surface area contributed by atoms with Crippen molar-refractivity contribution in [1.29, 1.82) is 0 Å². The number of halogens is 4. The Labute approximate surface area is 138 Å². The summed E-state index contributed by atoms with van der Waals surface area (Å²) < 4.78 is 15.8. The fourth-order valence-electron chi connectivity index (χ4n) is 2.03. The molecule has 0 spiro atoms. The minimum atomic E-state index is -0.483. The third-order valence-electron chi connectivity index (χ3n) is 3.10. The molecule has 0 saturated heterocycles. The molecule has 2 aromatic rings. The van der Waals surface area contributed by atoms with Crippen molar-refractivity contribution < 1.29 is 4.39 Å². The van der Waals surface area contributed by atoms with E-state index >= 15 is 0 Å². The van der Waals surface area contributed by atoms with Gasteiger partial charge in [-0.15, -0.1) is 0 Å². The van der Waals surface area contributed by atoms with Crippen LogP contribution in [0.5, 0.6) is 0 Å². The first-order valence-electron chi connectivity index (χ1n) is 5.81. The van der Waals surface area contributed by atoms with E-state index in [0.717, 1.165) is 15.6 Å². The molecule has 2 rings (SSSR count). The van der Waals surface area contributed by atoms with Crippen molar-refractivity contribution in [2.45, 2.75) is 13.0 Å². The molecular formula is C14H12Br2ClFN2. The van der Waals surface area contributed by atoms with E-state index in [2.05, 4.69) is 37.3 Å². The highest BCUT2D eigenvalue weighted by Gasteiger charge is 2.21. The Hall–Kier alpha value is -0.460. The lowest BCUT2D eigenvalue weighted by Gasteiger charge is -2.20. The average molecular weight is 423 g/mol. The summed E-state index contributed by atoms with van der Waals surface area (Å²) in [6.45, 7) is 1.95. The summed E-state index contributed by atoms with van der Waals surface area (Å²) in [5, 5.41) is 0.0513. The number of nitrogens with two attached hydrogens (primary N) is 1. The normalized spacial score (nSPS) is 12.5. The molecule has 1 unspecified atom stereocenters. The second-order valence-electron chi connectivity index (χ2n) is 4.37. The van der Waals surface area contributed by atoms with Crippen LogP contribution in [0.3, 0.4) is 0 Å². The molecule has 2 nitrogen and oxygen atoms in total. The van der Waals surface area contributed by atoms with Crippen LogP contribution < -0.4 is 11.3 Å². The maximum atomic E-state index is 14.3. The SMILES string of the molecule is Cc1ccc(Br)cc1C(NN)c1ccc(Br)c(Cl)c1F. The first-order chi connectivity index (χ1) is 9.45. The first kappa shape index (κ1) is 15.9. The van der Waals surface area contributed by atoms with Crippen LogP contribution in [0.15, 0.2) is 39.3 Å². The largest absolute Gasteiger partial charge is 0.271 e. The highest BCUT2D eigenvalue weighted by atomic mass is 79.9.